The van der Waals surface area contributed by atoms with Gasteiger partial charge in [0.15, 0.2) is 5.16 Å². The van der Waals surface area contributed by atoms with E-state index in [9.17, 15) is 9.59 Å². The van der Waals surface area contributed by atoms with Gasteiger partial charge in [0.2, 0.25) is 5.91 Å². The summed E-state index contributed by atoms with van der Waals surface area (Å²) in [5.74, 6) is 1.08. The third kappa shape index (κ3) is 4.09. The molecule has 1 aliphatic rings. The van der Waals surface area contributed by atoms with Crippen LogP contribution in [0.4, 0.5) is 4.79 Å². The number of nitrogens with one attached hydrogen (secondary N) is 2. The molecule has 0 bridgehead atoms. The first kappa shape index (κ1) is 16.5. The molecule has 7 nitrogen and oxygen atoms in total. The van der Waals surface area contributed by atoms with Crippen LogP contribution in [0.25, 0.3) is 0 Å². The molecule has 1 unspecified atom stereocenters. The van der Waals surface area contributed by atoms with E-state index in [4.69, 9.17) is 0 Å². The van der Waals surface area contributed by atoms with Crippen LogP contribution in [0.2, 0.25) is 0 Å². The van der Waals surface area contributed by atoms with E-state index in [1.54, 1.807) is 19.9 Å². The topological polar surface area (TPSA) is 88.9 Å². The Bertz CT molecular complexity index is 568. The summed E-state index contributed by atoms with van der Waals surface area (Å²) in [7, 11) is 0. The molecule has 2 N–H and O–H groups in total. The van der Waals surface area contributed by atoms with E-state index in [0.717, 1.165) is 18.7 Å². The van der Waals surface area contributed by atoms with E-state index >= 15 is 0 Å². The first-order valence-corrected chi connectivity index (χ1v) is 8.24. The van der Waals surface area contributed by atoms with Crippen LogP contribution in [0, 0.1) is 0 Å². The number of hydrogen-bond donors (Lipinski definition) is 2. The zero-order valence-electron chi connectivity index (χ0n) is 12.8. The van der Waals surface area contributed by atoms with Crippen LogP contribution >= 0.6 is 11.8 Å². The van der Waals surface area contributed by atoms with Crippen molar-refractivity contribution in [3.8, 4) is 0 Å². The summed E-state index contributed by atoms with van der Waals surface area (Å²) >= 11 is 1.29. The summed E-state index contributed by atoms with van der Waals surface area (Å²) < 4.78 is 1.99. The van der Waals surface area contributed by atoms with Gasteiger partial charge in [0.25, 0.3) is 0 Å². The Hall–Kier alpha value is -1.83. The molecule has 1 heterocycles. The highest BCUT2D eigenvalue weighted by Crippen LogP contribution is 2.40. The number of imide groups is 1. The Morgan fingerprint density at radius 3 is 2.82 bits per heavy atom. The Morgan fingerprint density at radius 2 is 2.23 bits per heavy atom. The van der Waals surface area contributed by atoms with E-state index in [1.165, 1.54) is 11.8 Å². The molecule has 1 fully saturated rings. The SMILES string of the molecule is C=CCn1c(SC(C)C(=O)NC(=O)NCC)nnc1C1CC1. The average Bonchev–Trinajstić information content (AvgIpc) is 3.24. The minimum atomic E-state index is -0.480. The number of carbonyl (C=O) groups excluding carboxylic acids is 2. The van der Waals surface area contributed by atoms with Crippen molar-refractivity contribution < 1.29 is 9.59 Å². The normalized spacial score (nSPS) is 15.2. The molecule has 0 aromatic carbocycles. The molecule has 1 aromatic rings. The third-order valence-electron chi connectivity index (χ3n) is 3.23. The van der Waals surface area contributed by atoms with Crippen molar-refractivity contribution in [2.75, 3.05) is 6.54 Å². The van der Waals surface area contributed by atoms with E-state index < -0.39 is 11.3 Å². The lowest BCUT2D eigenvalue weighted by Gasteiger charge is -2.12. The van der Waals surface area contributed by atoms with E-state index in [0.29, 0.717) is 24.2 Å². The molecule has 1 atom stereocenters. The van der Waals surface area contributed by atoms with Crippen molar-refractivity contribution in [2.24, 2.45) is 0 Å². The van der Waals surface area contributed by atoms with Crippen molar-refractivity contribution in [2.45, 2.75) is 49.6 Å². The van der Waals surface area contributed by atoms with Crippen molar-refractivity contribution in [1.29, 1.82) is 0 Å². The first-order chi connectivity index (χ1) is 10.6. The molecule has 3 amide bonds. The fourth-order valence-electron chi connectivity index (χ4n) is 1.96. The number of aromatic nitrogens is 3. The van der Waals surface area contributed by atoms with Crippen LogP contribution < -0.4 is 10.6 Å². The molecule has 0 saturated heterocycles. The molecular formula is C14H21N5O2S. The van der Waals surface area contributed by atoms with Gasteiger partial charge in [0.1, 0.15) is 5.82 Å². The minimum absolute atomic E-state index is 0.350. The van der Waals surface area contributed by atoms with Gasteiger partial charge in [-0.1, -0.05) is 17.8 Å². The Balaban J connectivity index is 2.01. The summed E-state index contributed by atoms with van der Waals surface area (Å²) in [5, 5.41) is 13.5. The summed E-state index contributed by atoms with van der Waals surface area (Å²) in [5.41, 5.74) is 0. The lowest BCUT2D eigenvalue weighted by molar-refractivity contribution is -0.119. The number of carbonyl (C=O) groups is 2. The highest BCUT2D eigenvalue weighted by Gasteiger charge is 2.31. The predicted octanol–water partition coefficient (Wildman–Crippen LogP) is 1.67. The maximum absolute atomic E-state index is 12.0. The number of rotatable bonds is 7. The van der Waals surface area contributed by atoms with Gasteiger partial charge in [0.05, 0.1) is 5.25 Å². The van der Waals surface area contributed by atoms with Gasteiger partial charge in [-0.05, 0) is 26.7 Å². The molecule has 0 radical (unpaired) electrons. The zero-order valence-corrected chi connectivity index (χ0v) is 13.7. The maximum Gasteiger partial charge on any atom is 0.321 e. The predicted molar refractivity (Wildman–Crippen MR) is 84.7 cm³/mol. The smallest absolute Gasteiger partial charge is 0.321 e. The quantitative estimate of drug-likeness (QED) is 0.588. The first-order valence-electron chi connectivity index (χ1n) is 7.36. The molecule has 120 valence electrons. The third-order valence-corrected chi connectivity index (χ3v) is 4.31. The second-order valence-electron chi connectivity index (χ2n) is 5.12. The molecule has 2 rings (SSSR count). The van der Waals surface area contributed by atoms with Gasteiger partial charge in [0, 0.05) is 19.0 Å². The Morgan fingerprint density at radius 1 is 1.50 bits per heavy atom. The molecule has 22 heavy (non-hydrogen) atoms. The van der Waals surface area contributed by atoms with Gasteiger partial charge >= 0.3 is 6.03 Å². The second kappa shape index (κ2) is 7.44. The summed E-state index contributed by atoms with van der Waals surface area (Å²) in [6.45, 7) is 8.37. The maximum atomic E-state index is 12.0. The summed E-state index contributed by atoms with van der Waals surface area (Å²) in [6.07, 6.45) is 4.05. The van der Waals surface area contributed by atoms with Crippen molar-refractivity contribution in [3.05, 3.63) is 18.5 Å². The van der Waals surface area contributed by atoms with Gasteiger partial charge in [-0.2, -0.15) is 0 Å². The van der Waals surface area contributed by atoms with E-state index in [1.807, 2.05) is 4.57 Å². The second-order valence-corrected chi connectivity index (χ2v) is 6.43. The zero-order chi connectivity index (χ0) is 16.1. The largest absolute Gasteiger partial charge is 0.338 e. The number of thioether (sulfide) groups is 1. The monoisotopic (exact) mass is 323 g/mol. The number of nitrogens with zero attached hydrogens (tertiary/aromatic N) is 3. The standard InChI is InChI=1S/C14H21N5O2S/c1-4-8-19-11(10-6-7-10)17-18-14(19)22-9(3)12(20)16-13(21)15-5-2/h4,9-10H,1,5-8H2,2-3H3,(H2,15,16,20,21). The fraction of sp³-hybridized carbons (Fsp3) is 0.571. The molecule has 1 aromatic heterocycles. The number of allylic oxidation sites excluding steroid dienone is 1. The lowest BCUT2D eigenvalue weighted by atomic mass is 10.4. The summed E-state index contributed by atoms with van der Waals surface area (Å²) in [6, 6.07) is -0.480. The van der Waals surface area contributed by atoms with E-state index in [2.05, 4.69) is 27.4 Å². The van der Waals surface area contributed by atoms with E-state index in [-0.39, 0.29) is 5.91 Å². The Labute approximate surface area is 133 Å². The minimum Gasteiger partial charge on any atom is -0.338 e. The number of amides is 3. The van der Waals surface area contributed by atoms with Crippen LogP contribution in [-0.2, 0) is 11.3 Å². The van der Waals surface area contributed by atoms with Crippen molar-refractivity contribution in [1.82, 2.24) is 25.4 Å². The van der Waals surface area contributed by atoms with Crippen LogP contribution in [0.15, 0.2) is 17.8 Å². The van der Waals surface area contributed by atoms with Crippen molar-refractivity contribution >= 4 is 23.7 Å². The fourth-order valence-corrected chi connectivity index (χ4v) is 2.83. The highest BCUT2D eigenvalue weighted by atomic mass is 32.2. The van der Waals surface area contributed by atoms with Crippen LogP contribution in [0.5, 0.6) is 0 Å². The molecule has 0 aliphatic heterocycles. The van der Waals surface area contributed by atoms with Crippen LogP contribution in [0.3, 0.4) is 0 Å². The Kier molecular flexibility index (Phi) is 5.59. The molecule has 0 spiro atoms. The average molecular weight is 323 g/mol. The molecule has 1 aliphatic carbocycles. The summed E-state index contributed by atoms with van der Waals surface area (Å²) in [4.78, 5) is 23.4. The van der Waals surface area contributed by atoms with Crippen LogP contribution in [-0.4, -0.2) is 38.5 Å². The van der Waals surface area contributed by atoms with Gasteiger partial charge in [-0.25, -0.2) is 4.79 Å². The van der Waals surface area contributed by atoms with Gasteiger partial charge in [-0.3, -0.25) is 10.1 Å². The van der Waals surface area contributed by atoms with Gasteiger partial charge < -0.3 is 9.88 Å². The lowest BCUT2D eigenvalue weighted by Crippen LogP contribution is -2.42. The van der Waals surface area contributed by atoms with Crippen molar-refractivity contribution in [3.63, 3.8) is 0 Å². The molecule has 8 heteroatoms. The van der Waals surface area contributed by atoms with Gasteiger partial charge in [-0.15, -0.1) is 16.8 Å². The van der Waals surface area contributed by atoms with Crippen LogP contribution in [0.1, 0.15) is 38.4 Å². The highest BCUT2D eigenvalue weighted by molar-refractivity contribution is 8.00. The molecular weight excluding hydrogens is 302 g/mol. The molecule has 1 saturated carbocycles. The number of hydrogen-bond acceptors (Lipinski definition) is 5. The number of urea groups is 1.